The fourth-order valence-corrected chi connectivity index (χ4v) is 5.38. The first kappa shape index (κ1) is 23.6. The highest BCUT2D eigenvalue weighted by molar-refractivity contribution is 5.99. The number of aliphatic hydroxyl groups excluding tert-OH is 1. The first-order chi connectivity index (χ1) is 17.0. The SMILES string of the molecule is O=C(C[C@@H]1C[C@@H]2c3cc(NC(=O)Nc4ccccc4F)ccc3O[C@@H]2[C@H](CO)O1)NC1CCCC1. The van der Waals surface area contributed by atoms with Gasteiger partial charge in [-0.05, 0) is 49.6 Å². The van der Waals surface area contributed by atoms with Crippen molar-refractivity contribution in [2.75, 3.05) is 17.2 Å². The minimum Gasteiger partial charge on any atom is -0.487 e. The highest BCUT2D eigenvalue weighted by atomic mass is 19.1. The van der Waals surface area contributed by atoms with E-state index < -0.39 is 18.0 Å². The van der Waals surface area contributed by atoms with Crippen molar-refractivity contribution in [1.82, 2.24) is 5.32 Å². The van der Waals surface area contributed by atoms with E-state index in [1.165, 1.54) is 12.1 Å². The fourth-order valence-electron chi connectivity index (χ4n) is 5.38. The number of fused-ring (bicyclic) bond motifs is 3. The summed E-state index contributed by atoms with van der Waals surface area (Å²) in [7, 11) is 0. The van der Waals surface area contributed by atoms with Gasteiger partial charge >= 0.3 is 6.03 Å². The Balaban J connectivity index is 1.26. The van der Waals surface area contributed by atoms with Gasteiger partial charge in [-0.3, -0.25) is 4.79 Å². The number of urea groups is 1. The predicted molar refractivity (Wildman–Crippen MR) is 128 cm³/mol. The van der Waals surface area contributed by atoms with Gasteiger partial charge in [-0.15, -0.1) is 0 Å². The third kappa shape index (κ3) is 5.26. The molecular formula is C26H30FN3O5. The molecule has 1 aliphatic carbocycles. The second-order valence-corrected chi connectivity index (χ2v) is 9.47. The number of carbonyl (C=O) groups is 2. The zero-order valence-corrected chi connectivity index (χ0v) is 19.3. The number of amides is 3. The number of halogens is 1. The molecule has 4 atom stereocenters. The largest absolute Gasteiger partial charge is 0.487 e. The zero-order valence-electron chi connectivity index (χ0n) is 19.3. The van der Waals surface area contributed by atoms with Gasteiger partial charge in [0.1, 0.15) is 23.8 Å². The first-order valence-corrected chi connectivity index (χ1v) is 12.2. The van der Waals surface area contributed by atoms with E-state index in [2.05, 4.69) is 16.0 Å². The van der Waals surface area contributed by atoms with Crippen molar-refractivity contribution in [1.29, 1.82) is 0 Å². The Morgan fingerprint density at radius 1 is 1.09 bits per heavy atom. The second kappa shape index (κ2) is 10.2. The quantitative estimate of drug-likeness (QED) is 0.498. The van der Waals surface area contributed by atoms with Crippen LogP contribution in [0, 0.1) is 5.82 Å². The van der Waals surface area contributed by atoms with Gasteiger partial charge in [-0.1, -0.05) is 25.0 Å². The number of para-hydroxylation sites is 1. The summed E-state index contributed by atoms with van der Waals surface area (Å²) in [6, 6.07) is 10.9. The molecule has 8 nitrogen and oxygen atoms in total. The Labute approximate surface area is 203 Å². The number of ether oxygens (including phenoxy) is 2. The molecule has 5 rings (SSSR count). The van der Waals surface area contributed by atoms with Gasteiger partial charge < -0.3 is 30.5 Å². The normalized spacial score (nSPS) is 25.3. The summed E-state index contributed by atoms with van der Waals surface area (Å²) < 4.78 is 26.0. The van der Waals surface area contributed by atoms with Crippen LogP contribution in [-0.4, -0.2) is 48.0 Å². The van der Waals surface area contributed by atoms with Crippen molar-refractivity contribution >= 4 is 23.3 Å². The molecule has 186 valence electrons. The molecule has 2 heterocycles. The lowest BCUT2D eigenvalue weighted by atomic mass is 9.84. The van der Waals surface area contributed by atoms with Crippen LogP contribution in [0.2, 0.25) is 0 Å². The molecule has 0 radical (unpaired) electrons. The van der Waals surface area contributed by atoms with Gasteiger partial charge in [0.05, 0.1) is 24.8 Å². The molecule has 1 saturated carbocycles. The summed E-state index contributed by atoms with van der Waals surface area (Å²) in [5.74, 6) is 0.0271. The maximum Gasteiger partial charge on any atom is 0.323 e. The first-order valence-electron chi connectivity index (χ1n) is 12.2. The lowest BCUT2D eigenvalue weighted by molar-refractivity contribution is -0.142. The van der Waals surface area contributed by atoms with Gasteiger partial charge in [0.2, 0.25) is 5.91 Å². The van der Waals surface area contributed by atoms with Crippen molar-refractivity contribution in [3.8, 4) is 5.75 Å². The summed E-state index contributed by atoms with van der Waals surface area (Å²) in [5, 5.41) is 18.3. The van der Waals surface area contributed by atoms with E-state index in [4.69, 9.17) is 9.47 Å². The highest BCUT2D eigenvalue weighted by Gasteiger charge is 2.46. The standard InChI is InChI=1S/C26H30FN3O5/c27-20-7-3-4-8-21(20)30-26(33)29-16-9-10-22-18(11-16)19-12-17(34-23(14-31)25(19)35-22)13-24(32)28-15-5-1-2-6-15/h3-4,7-11,15,17,19,23,25,31H,1-2,5-6,12-14H2,(H,28,32)(H2,29,30,33)/t17-,19+,23-,25-/m0/s1. The Morgan fingerprint density at radius 2 is 1.89 bits per heavy atom. The Morgan fingerprint density at radius 3 is 2.66 bits per heavy atom. The van der Waals surface area contributed by atoms with Crippen molar-refractivity contribution in [3.63, 3.8) is 0 Å². The molecule has 0 unspecified atom stereocenters. The summed E-state index contributed by atoms with van der Waals surface area (Å²) in [5.41, 5.74) is 1.51. The molecule has 1 saturated heterocycles. The van der Waals surface area contributed by atoms with E-state index in [-0.39, 0.29) is 48.8 Å². The molecule has 3 amide bonds. The van der Waals surface area contributed by atoms with E-state index in [0.29, 0.717) is 17.9 Å². The van der Waals surface area contributed by atoms with Crippen LogP contribution in [0.25, 0.3) is 0 Å². The number of rotatable bonds is 6. The number of aliphatic hydroxyl groups is 1. The third-order valence-corrected chi connectivity index (χ3v) is 7.01. The van der Waals surface area contributed by atoms with Crippen molar-refractivity contribution in [2.45, 2.75) is 68.8 Å². The molecule has 0 spiro atoms. The van der Waals surface area contributed by atoms with Crippen LogP contribution in [0.4, 0.5) is 20.6 Å². The predicted octanol–water partition coefficient (Wildman–Crippen LogP) is 3.91. The van der Waals surface area contributed by atoms with Gasteiger partial charge in [0.25, 0.3) is 0 Å². The van der Waals surface area contributed by atoms with Crippen LogP contribution in [-0.2, 0) is 9.53 Å². The molecule has 3 aliphatic rings. The molecule has 2 fully saturated rings. The van der Waals surface area contributed by atoms with E-state index in [1.54, 1.807) is 24.3 Å². The van der Waals surface area contributed by atoms with Crippen LogP contribution in [0.15, 0.2) is 42.5 Å². The Hall–Kier alpha value is -3.17. The minimum absolute atomic E-state index is 0.0311. The average molecular weight is 484 g/mol. The number of hydrogen-bond donors (Lipinski definition) is 4. The van der Waals surface area contributed by atoms with Crippen LogP contribution < -0.4 is 20.7 Å². The maximum absolute atomic E-state index is 13.8. The molecule has 4 N–H and O–H groups in total. The minimum atomic E-state index is -0.563. The van der Waals surface area contributed by atoms with Gasteiger partial charge in [-0.25, -0.2) is 9.18 Å². The van der Waals surface area contributed by atoms with E-state index in [1.807, 2.05) is 6.07 Å². The van der Waals surface area contributed by atoms with Crippen molar-refractivity contribution < 1.29 is 28.6 Å². The van der Waals surface area contributed by atoms with Crippen LogP contribution in [0.1, 0.15) is 50.0 Å². The maximum atomic E-state index is 13.8. The van der Waals surface area contributed by atoms with Gasteiger partial charge in [-0.2, -0.15) is 0 Å². The van der Waals surface area contributed by atoms with Crippen LogP contribution >= 0.6 is 0 Å². The Bertz CT molecular complexity index is 1090. The molecule has 35 heavy (non-hydrogen) atoms. The summed E-state index contributed by atoms with van der Waals surface area (Å²) >= 11 is 0. The molecule has 2 aromatic carbocycles. The molecule has 0 bridgehead atoms. The van der Waals surface area contributed by atoms with Crippen LogP contribution in [0.3, 0.4) is 0 Å². The van der Waals surface area contributed by atoms with Crippen molar-refractivity contribution in [2.24, 2.45) is 0 Å². The number of anilines is 2. The van der Waals surface area contributed by atoms with Crippen LogP contribution in [0.5, 0.6) is 5.75 Å². The lowest BCUT2D eigenvalue weighted by Crippen LogP contribution is -2.47. The highest BCUT2D eigenvalue weighted by Crippen LogP contribution is 2.47. The van der Waals surface area contributed by atoms with Crippen molar-refractivity contribution in [3.05, 3.63) is 53.8 Å². The summed E-state index contributed by atoms with van der Waals surface area (Å²) in [6.07, 6.45) is 3.86. The molecule has 2 aromatic rings. The topological polar surface area (TPSA) is 109 Å². The molecule has 0 aromatic heterocycles. The number of benzene rings is 2. The fraction of sp³-hybridized carbons (Fsp3) is 0.462. The van der Waals surface area contributed by atoms with E-state index in [0.717, 1.165) is 31.2 Å². The Kier molecular flexibility index (Phi) is 6.88. The summed E-state index contributed by atoms with van der Waals surface area (Å²) in [6.45, 7) is -0.216. The third-order valence-electron chi connectivity index (χ3n) is 7.01. The average Bonchev–Trinajstić information content (AvgIpc) is 3.47. The molecule has 9 heteroatoms. The summed E-state index contributed by atoms with van der Waals surface area (Å²) in [4.78, 5) is 25.0. The number of hydrogen-bond acceptors (Lipinski definition) is 5. The smallest absolute Gasteiger partial charge is 0.323 e. The van der Waals surface area contributed by atoms with E-state index >= 15 is 0 Å². The number of nitrogens with one attached hydrogen (secondary N) is 3. The van der Waals surface area contributed by atoms with Gasteiger partial charge in [0, 0.05) is 23.2 Å². The monoisotopic (exact) mass is 483 g/mol. The van der Waals surface area contributed by atoms with Gasteiger partial charge in [0.15, 0.2) is 0 Å². The molecular weight excluding hydrogens is 453 g/mol. The number of carbonyl (C=O) groups excluding carboxylic acids is 2. The molecule has 2 aliphatic heterocycles. The van der Waals surface area contributed by atoms with E-state index in [9.17, 15) is 19.1 Å². The second-order valence-electron chi connectivity index (χ2n) is 9.47. The lowest BCUT2D eigenvalue weighted by Gasteiger charge is -2.37. The zero-order chi connectivity index (χ0) is 24.4.